The fourth-order valence-electron chi connectivity index (χ4n) is 5.07. The van der Waals surface area contributed by atoms with E-state index >= 15 is 0 Å². The van der Waals surface area contributed by atoms with E-state index in [2.05, 4.69) is 11.6 Å². The minimum Gasteiger partial charge on any atom is -0.383 e. The number of anilines is 1. The number of nitrogens with zero attached hydrogens (tertiary/aromatic N) is 4. The number of thioether (sulfide) groups is 1. The molecule has 0 N–H and O–H groups in total. The first-order chi connectivity index (χ1) is 17.3. The van der Waals surface area contributed by atoms with Crippen LogP contribution in [0.25, 0.3) is 22.0 Å². The molecule has 1 aromatic heterocycles. The Kier molecular flexibility index (Phi) is 6.57. The van der Waals surface area contributed by atoms with Crippen molar-refractivity contribution in [3.8, 4) is 11.1 Å². The van der Waals surface area contributed by atoms with Gasteiger partial charge in [-0.05, 0) is 36.8 Å². The van der Waals surface area contributed by atoms with Crippen LogP contribution in [0.2, 0.25) is 0 Å². The lowest BCUT2D eigenvalue weighted by molar-refractivity contribution is -0.126. The number of ether oxygens (including phenoxy) is 1. The van der Waals surface area contributed by atoms with Gasteiger partial charge in [-0.1, -0.05) is 6.58 Å². The summed E-state index contributed by atoms with van der Waals surface area (Å²) in [5.41, 5.74) is 2.01. The van der Waals surface area contributed by atoms with Crippen LogP contribution in [0.4, 0.5) is 14.6 Å². The highest BCUT2D eigenvalue weighted by Crippen LogP contribution is 2.46. The number of methoxy groups -OCH3 is 1. The first kappa shape index (κ1) is 24.5. The van der Waals surface area contributed by atoms with Crippen LogP contribution in [0.5, 0.6) is 0 Å². The van der Waals surface area contributed by atoms with Gasteiger partial charge in [0.05, 0.1) is 18.2 Å². The largest absolute Gasteiger partial charge is 0.383 e. The maximum absolute atomic E-state index is 14.9. The van der Waals surface area contributed by atoms with Crippen molar-refractivity contribution in [2.75, 3.05) is 50.5 Å². The van der Waals surface area contributed by atoms with Gasteiger partial charge < -0.3 is 14.5 Å². The number of aromatic nitrogens is 2. The van der Waals surface area contributed by atoms with Crippen LogP contribution >= 0.6 is 11.8 Å². The quantitative estimate of drug-likeness (QED) is 0.485. The molecule has 1 amide bonds. The van der Waals surface area contributed by atoms with E-state index in [1.165, 1.54) is 30.0 Å². The molecular formula is C26H26F2N4O3S. The van der Waals surface area contributed by atoms with Crippen molar-refractivity contribution in [1.82, 2.24) is 14.5 Å². The third-order valence-electron chi connectivity index (χ3n) is 6.75. The number of rotatable bonds is 5. The normalized spacial score (nSPS) is 17.5. The molecule has 0 aliphatic carbocycles. The number of carbonyl (C=O) groups excluding carboxylic acids is 1. The Morgan fingerprint density at radius 2 is 2.00 bits per heavy atom. The van der Waals surface area contributed by atoms with Crippen LogP contribution < -0.4 is 10.6 Å². The van der Waals surface area contributed by atoms with Gasteiger partial charge in [-0.2, -0.15) is 4.98 Å². The smallest absolute Gasteiger partial charge is 0.350 e. The maximum Gasteiger partial charge on any atom is 0.350 e. The first-order valence-corrected chi connectivity index (χ1v) is 12.7. The summed E-state index contributed by atoms with van der Waals surface area (Å²) >= 11 is 1.54. The monoisotopic (exact) mass is 512 g/mol. The second-order valence-electron chi connectivity index (χ2n) is 8.94. The zero-order chi connectivity index (χ0) is 25.6. The van der Waals surface area contributed by atoms with Crippen molar-refractivity contribution < 1.29 is 18.3 Å². The van der Waals surface area contributed by atoms with E-state index in [1.54, 1.807) is 16.6 Å². The summed E-state index contributed by atoms with van der Waals surface area (Å²) in [5, 5.41) is 0.783. The molecule has 36 heavy (non-hydrogen) atoms. The van der Waals surface area contributed by atoms with Crippen LogP contribution in [-0.2, 0) is 9.53 Å². The molecule has 0 spiro atoms. The maximum atomic E-state index is 14.9. The molecule has 0 unspecified atom stereocenters. The molecule has 5 rings (SSSR count). The number of hydrogen-bond donors (Lipinski definition) is 0. The number of benzene rings is 2. The Morgan fingerprint density at radius 3 is 2.67 bits per heavy atom. The lowest BCUT2D eigenvalue weighted by atomic mass is 9.97. The summed E-state index contributed by atoms with van der Waals surface area (Å²) in [7, 11) is 1.59. The molecule has 10 heteroatoms. The Hall–Kier alpha value is -3.24. The first-order valence-electron chi connectivity index (χ1n) is 11.7. The molecule has 1 fully saturated rings. The number of aryl methyl sites for hydroxylation is 1. The molecule has 3 aromatic rings. The van der Waals surface area contributed by atoms with Crippen LogP contribution in [0.15, 0.2) is 46.6 Å². The van der Waals surface area contributed by atoms with E-state index in [-0.39, 0.29) is 17.5 Å². The number of halogens is 2. The van der Waals surface area contributed by atoms with Crippen LogP contribution in [-0.4, -0.2) is 66.0 Å². The van der Waals surface area contributed by atoms with Gasteiger partial charge in [0, 0.05) is 66.5 Å². The third kappa shape index (κ3) is 4.08. The van der Waals surface area contributed by atoms with Gasteiger partial charge in [-0.25, -0.2) is 13.6 Å². The van der Waals surface area contributed by atoms with Gasteiger partial charge in [0.2, 0.25) is 5.91 Å². The molecular weight excluding hydrogens is 486 g/mol. The van der Waals surface area contributed by atoms with E-state index in [4.69, 9.17) is 4.74 Å². The van der Waals surface area contributed by atoms with Crippen molar-refractivity contribution in [3.05, 3.63) is 64.6 Å². The van der Waals surface area contributed by atoms with Crippen molar-refractivity contribution in [3.63, 3.8) is 0 Å². The van der Waals surface area contributed by atoms with Gasteiger partial charge >= 0.3 is 5.69 Å². The van der Waals surface area contributed by atoms with E-state index in [0.29, 0.717) is 55.4 Å². The third-order valence-corrected chi connectivity index (χ3v) is 7.99. The average molecular weight is 513 g/mol. The minimum absolute atomic E-state index is 0.125. The number of hydrogen-bond acceptors (Lipinski definition) is 6. The molecule has 7 nitrogen and oxygen atoms in total. The summed E-state index contributed by atoms with van der Waals surface area (Å²) < 4.78 is 35.6. The summed E-state index contributed by atoms with van der Waals surface area (Å²) in [6, 6.07) is 5.25. The van der Waals surface area contributed by atoms with Gasteiger partial charge in [-0.15, -0.1) is 11.8 Å². The lowest BCUT2D eigenvalue weighted by Crippen LogP contribution is -2.49. The predicted octanol–water partition coefficient (Wildman–Crippen LogP) is 3.78. The Bertz CT molecular complexity index is 1430. The number of carbonyl (C=O) groups is 1. The standard InChI is InChI=1S/C26H26F2N4O3S/c1-4-21(33)30-7-9-31(10-8-30)25-19-11-15(2)22(18-6-5-16(27)12-20(18)28)24-23(19)32(26(34)29-25)17(13-35-3)14-36-24/h4-6,11-12,17H,1,7-10,13-14H2,2-3H3/t17-/m0/s1. The molecule has 2 aliphatic rings. The molecule has 1 atom stereocenters. The van der Waals surface area contributed by atoms with Crippen LogP contribution in [0.3, 0.4) is 0 Å². The van der Waals surface area contributed by atoms with E-state index in [0.717, 1.165) is 21.9 Å². The molecule has 2 aliphatic heterocycles. The summed E-state index contributed by atoms with van der Waals surface area (Å²) in [6.07, 6.45) is 1.30. The SMILES string of the molecule is C=CC(=O)N1CCN(c2nc(=O)n3c4c(c(-c5ccc(F)cc5F)c(C)cc24)SC[C@@H]3COC)CC1. The Balaban J connectivity index is 1.72. The summed E-state index contributed by atoms with van der Waals surface area (Å²) in [4.78, 5) is 34.4. The van der Waals surface area contributed by atoms with Gasteiger partial charge in [0.1, 0.15) is 17.5 Å². The summed E-state index contributed by atoms with van der Waals surface area (Å²) in [6.45, 7) is 7.78. The highest BCUT2D eigenvalue weighted by molar-refractivity contribution is 7.99. The topological polar surface area (TPSA) is 67.7 Å². The molecule has 2 aromatic carbocycles. The zero-order valence-corrected chi connectivity index (χ0v) is 20.9. The molecule has 188 valence electrons. The van der Waals surface area contributed by atoms with E-state index < -0.39 is 17.3 Å². The second-order valence-corrected chi connectivity index (χ2v) is 9.97. The molecule has 0 bridgehead atoms. The highest BCUT2D eigenvalue weighted by Gasteiger charge is 2.31. The van der Waals surface area contributed by atoms with E-state index in [9.17, 15) is 18.4 Å². The average Bonchev–Trinajstić information content (AvgIpc) is 2.87. The lowest BCUT2D eigenvalue weighted by Gasteiger charge is -2.36. The number of amides is 1. The fraction of sp³-hybridized carbons (Fsp3) is 0.346. The van der Waals surface area contributed by atoms with Crippen molar-refractivity contribution in [1.29, 1.82) is 0 Å². The Labute approximate surface area is 211 Å². The van der Waals surface area contributed by atoms with E-state index in [1.807, 2.05) is 17.9 Å². The van der Waals surface area contributed by atoms with Crippen molar-refractivity contribution >= 4 is 34.4 Å². The molecule has 0 saturated carbocycles. The molecule has 0 radical (unpaired) electrons. The van der Waals surface area contributed by atoms with Gasteiger partial charge in [0.25, 0.3) is 0 Å². The van der Waals surface area contributed by atoms with Crippen molar-refractivity contribution in [2.24, 2.45) is 0 Å². The minimum atomic E-state index is -0.653. The fourth-order valence-corrected chi connectivity index (χ4v) is 6.44. The second kappa shape index (κ2) is 9.67. The molecule has 1 saturated heterocycles. The zero-order valence-electron chi connectivity index (χ0n) is 20.1. The van der Waals surface area contributed by atoms with Gasteiger partial charge in [-0.3, -0.25) is 9.36 Å². The van der Waals surface area contributed by atoms with Gasteiger partial charge in [0.15, 0.2) is 0 Å². The van der Waals surface area contributed by atoms with Crippen LogP contribution in [0.1, 0.15) is 11.6 Å². The number of piperazine rings is 1. The van der Waals surface area contributed by atoms with Crippen molar-refractivity contribution in [2.45, 2.75) is 17.9 Å². The summed E-state index contributed by atoms with van der Waals surface area (Å²) in [5.74, 6) is -0.321. The van der Waals surface area contributed by atoms with Crippen LogP contribution in [0, 0.1) is 18.6 Å². The highest BCUT2D eigenvalue weighted by atomic mass is 32.2. The predicted molar refractivity (Wildman–Crippen MR) is 137 cm³/mol. The molecule has 3 heterocycles. The Morgan fingerprint density at radius 1 is 1.25 bits per heavy atom.